The third kappa shape index (κ3) is 2.75. The minimum Gasteiger partial charge on any atom is -0.459 e. The molecule has 0 radical (unpaired) electrons. The van der Waals surface area contributed by atoms with Crippen LogP contribution in [-0.4, -0.2) is 64.2 Å². The Balaban J connectivity index is 1.70. The van der Waals surface area contributed by atoms with Gasteiger partial charge in [0.2, 0.25) is 0 Å². The maximum absolute atomic E-state index is 12.3. The summed E-state index contributed by atoms with van der Waals surface area (Å²) in [7, 11) is 0. The summed E-state index contributed by atoms with van der Waals surface area (Å²) in [5.41, 5.74) is -0.717. The molecule has 0 aromatic carbocycles. The molecule has 27 heavy (non-hydrogen) atoms. The molecule has 0 aromatic heterocycles. The number of halogens is 1. The van der Waals surface area contributed by atoms with E-state index in [2.05, 4.69) is 13.2 Å². The van der Waals surface area contributed by atoms with Crippen LogP contribution in [0.3, 0.4) is 0 Å². The Morgan fingerprint density at radius 1 is 1.44 bits per heavy atom. The number of hydrogen-bond acceptors (Lipinski definition) is 7. The first-order valence-corrected chi connectivity index (χ1v) is 9.62. The van der Waals surface area contributed by atoms with Crippen molar-refractivity contribution in [2.75, 3.05) is 5.88 Å². The van der Waals surface area contributed by atoms with E-state index in [9.17, 15) is 19.8 Å². The number of rotatable bonds is 3. The van der Waals surface area contributed by atoms with Crippen LogP contribution in [0.1, 0.15) is 19.8 Å². The van der Waals surface area contributed by atoms with Crippen LogP contribution < -0.4 is 0 Å². The Bertz CT molecular complexity index is 721. The number of alkyl halides is 1. The van der Waals surface area contributed by atoms with Gasteiger partial charge in [0, 0.05) is 17.9 Å². The molecule has 148 valence electrons. The fraction of sp³-hybridized carbons (Fsp3) is 0.684. The minimum absolute atomic E-state index is 0.189. The summed E-state index contributed by atoms with van der Waals surface area (Å²) in [5.74, 6) is -2.89. The fourth-order valence-electron chi connectivity index (χ4n) is 4.91. The second-order valence-corrected chi connectivity index (χ2v) is 8.30. The van der Waals surface area contributed by atoms with Gasteiger partial charge in [-0.05, 0) is 19.3 Å². The summed E-state index contributed by atoms with van der Waals surface area (Å²) in [5, 5.41) is 21.5. The topological polar surface area (TPSA) is 106 Å². The van der Waals surface area contributed by atoms with Crippen LogP contribution in [0, 0.1) is 17.8 Å². The highest BCUT2D eigenvalue weighted by molar-refractivity contribution is 6.18. The quantitative estimate of drug-likeness (QED) is 0.237. The number of ether oxygens (including phenoxy) is 3. The molecule has 7 nitrogen and oxygen atoms in total. The van der Waals surface area contributed by atoms with E-state index in [0.717, 1.165) is 5.57 Å². The second kappa shape index (κ2) is 6.30. The average molecular weight is 399 g/mol. The lowest BCUT2D eigenvalue weighted by molar-refractivity contribution is -0.158. The highest BCUT2D eigenvalue weighted by atomic mass is 35.5. The van der Waals surface area contributed by atoms with Gasteiger partial charge in [0.1, 0.15) is 17.8 Å². The smallest absolute Gasteiger partial charge is 0.338 e. The number of aliphatic hydroxyl groups excluding tert-OH is 1. The lowest BCUT2D eigenvalue weighted by Gasteiger charge is -2.37. The minimum atomic E-state index is -1.63. The summed E-state index contributed by atoms with van der Waals surface area (Å²) in [6.45, 7) is 9.69. The molecule has 9 atom stereocenters. The van der Waals surface area contributed by atoms with E-state index in [0.29, 0.717) is 0 Å². The van der Waals surface area contributed by atoms with E-state index in [1.54, 1.807) is 6.92 Å². The number of carbonyl (C=O) groups is 2. The van der Waals surface area contributed by atoms with Crippen LogP contribution in [0.5, 0.6) is 0 Å². The van der Waals surface area contributed by atoms with E-state index in [1.165, 1.54) is 0 Å². The molecule has 4 rings (SSSR count). The number of esters is 2. The molecule has 4 fully saturated rings. The molecule has 0 bridgehead atoms. The summed E-state index contributed by atoms with van der Waals surface area (Å²) in [6.07, 6.45) is -2.82. The van der Waals surface area contributed by atoms with Crippen LogP contribution in [0.2, 0.25) is 0 Å². The SMILES string of the molecule is C=C1C(=O)O[C@H]2[C@H]1[C@@H](OC(=O)[C@H]1O[C@@H]1C)CC(=C)[C@@H]1C[C@H](O)[C@](O)(CCl)[C@H]21. The zero-order valence-corrected chi connectivity index (χ0v) is 15.7. The molecule has 0 aromatic rings. The van der Waals surface area contributed by atoms with Crippen molar-refractivity contribution in [2.24, 2.45) is 17.8 Å². The molecular formula is C19H23ClO7. The molecule has 2 aliphatic heterocycles. The van der Waals surface area contributed by atoms with E-state index >= 15 is 0 Å². The van der Waals surface area contributed by atoms with Crippen molar-refractivity contribution in [1.82, 2.24) is 0 Å². The Morgan fingerprint density at radius 2 is 2.11 bits per heavy atom. The van der Waals surface area contributed by atoms with Crippen molar-refractivity contribution in [3.05, 3.63) is 24.3 Å². The first kappa shape index (κ1) is 18.9. The molecule has 2 N–H and O–H groups in total. The number of aliphatic hydroxyl groups is 2. The zero-order valence-electron chi connectivity index (χ0n) is 15.0. The second-order valence-electron chi connectivity index (χ2n) is 8.03. The van der Waals surface area contributed by atoms with E-state index in [1.807, 2.05) is 0 Å². The molecule has 0 unspecified atom stereocenters. The summed E-state index contributed by atoms with van der Waals surface area (Å²) >= 11 is 6.01. The lowest BCUT2D eigenvalue weighted by Crippen LogP contribution is -2.52. The molecule has 4 aliphatic rings. The molecule has 2 aliphatic carbocycles. The van der Waals surface area contributed by atoms with E-state index < -0.39 is 53.8 Å². The molecule has 8 heteroatoms. The predicted molar refractivity (Wildman–Crippen MR) is 93.8 cm³/mol. The zero-order chi connectivity index (χ0) is 19.7. The maximum Gasteiger partial charge on any atom is 0.338 e. The predicted octanol–water partition coefficient (Wildman–Crippen LogP) is 0.710. The molecule has 0 spiro atoms. The highest BCUT2D eigenvalue weighted by Gasteiger charge is 2.64. The number of epoxide rings is 1. The van der Waals surface area contributed by atoms with Gasteiger partial charge in [-0.2, -0.15) is 0 Å². The first-order valence-electron chi connectivity index (χ1n) is 9.08. The van der Waals surface area contributed by atoms with Gasteiger partial charge in [-0.1, -0.05) is 18.7 Å². The van der Waals surface area contributed by atoms with Gasteiger partial charge >= 0.3 is 11.9 Å². The monoisotopic (exact) mass is 398 g/mol. The highest BCUT2D eigenvalue weighted by Crippen LogP contribution is 2.55. The Hall–Kier alpha value is -1.41. The van der Waals surface area contributed by atoms with Gasteiger partial charge in [-0.15, -0.1) is 11.6 Å². The van der Waals surface area contributed by atoms with Crippen molar-refractivity contribution >= 4 is 23.5 Å². The number of carbonyl (C=O) groups excluding carboxylic acids is 2. The van der Waals surface area contributed by atoms with Crippen molar-refractivity contribution in [2.45, 2.75) is 55.9 Å². The average Bonchev–Trinajstić information content (AvgIpc) is 3.22. The summed E-state index contributed by atoms with van der Waals surface area (Å²) in [6, 6.07) is 0. The fourth-order valence-corrected chi connectivity index (χ4v) is 5.27. The van der Waals surface area contributed by atoms with Gasteiger partial charge < -0.3 is 24.4 Å². The third-order valence-electron chi connectivity index (χ3n) is 6.49. The van der Waals surface area contributed by atoms with Gasteiger partial charge in [0.15, 0.2) is 6.10 Å². The Labute approximate surface area is 161 Å². The molecular weight excluding hydrogens is 376 g/mol. The van der Waals surface area contributed by atoms with Crippen molar-refractivity contribution in [3.8, 4) is 0 Å². The third-order valence-corrected chi connectivity index (χ3v) is 6.92. The Kier molecular flexibility index (Phi) is 4.42. The number of fused-ring (bicyclic) bond motifs is 3. The largest absolute Gasteiger partial charge is 0.459 e. The van der Waals surface area contributed by atoms with Crippen LogP contribution >= 0.6 is 11.6 Å². The van der Waals surface area contributed by atoms with Crippen LogP contribution in [0.15, 0.2) is 24.3 Å². The summed E-state index contributed by atoms with van der Waals surface area (Å²) in [4.78, 5) is 24.6. The van der Waals surface area contributed by atoms with Crippen molar-refractivity contribution in [1.29, 1.82) is 0 Å². The van der Waals surface area contributed by atoms with Crippen LogP contribution in [0.4, 0.5) is 0 Å². The van der Waals surface area contributed by atoms with Crippen molar-refractivity contribution < 1.29 is 34.0 Å². The van der Waals surface area contributed by atoms with Crippen molar-refractivity contribution in [3.63, 3.8) is 0 Å². The van der Waals surface area contributed by atoms with E-state index in [-0.39, 0.29) is 36.3 Å². The lowest BCUT2D eigenvalue weighted by atomic mass is 9.76. The van der Waals surface area contributed by atoms with Gasteiger partial charge in [-0.25, -0.2) is 9.59 Å². The Morgan fingerprint density at radius 3 is 2.70 bits per heavy atom. The standard InChI is InChI=1S/C19H23ClO7/c1-7-4-11(26-18(23)15-9(3)25-15)13-8(2)17(22)27-16(13)14-10(7)5-12(21)19(14,24)6-20/h9-16,21,24H,1-2,4-6H2,3H3/t9-,10+,11+,12+,13-,14+,15+,16+,19-/m1/s1. The van der Waals surface area contributed by atoms with Gasteiger partial charge in [0.25, 0.3) is 0 Å². The van der Waals surface area contributed by atoms with Crippen LogP contribution in [0.25, 0.3) is 0 Å². The molecule has 0 amide bonds. The first-order chi connectivity index (χ1) is 12.7. The molecule has 2 saturated heterocycles. The molecule has 2 heterocycles. The van der Waals surface area contributed by atoms with Crippen LogP contribution in [-0.2, 0) is 23.8 Å². The normalized spacial score (nSPS) is 48.5. The number of hydrogen-bond donors (Lipinski definition) is 2. The maximum atomic E-state index is 12.3. The van der Waals surface area contributed by atoms with Gasteiger partial charge in [-0.3, -0.25) is 0 Å². The van der Waals surface area contributed by atoms with Gasteiger partial charge in [0.05, 0.1) is 24.0 Å². The van der Waals surface area contributed by atoms with E-state index in [4.69, 9.17) is 25.8 Å². The molecule has 2 saturated carbocycles. The summed E-state index contributed by atoms with van der Waals surface area (Å²) < 4.78 is 16.4.